The van der Waals surface area contributed by atoms with Gasteiger partial charge in [0.05, 0.1) is 5.02 Å². The number of carbonyl (C=O) groups is 2. The van der Waals surface area contributed by atoms with Crippen LogP contribution in [0.15, 0.2) is 18.2 Å². The van der Waals surface area contributed by atoms with Crippen molar-refractivity contribution < 1.29 is 37.7 Å². The first-order chi connectivity index (χ1) is 12.5. The molecule has 1 atom stereocenters. The molecular weight excluding hydrogens is 391 g/mol. The minimum absolute atomic E-state index is 0.00102. The fourth-order valence-electron chi connectivity index (χ4n) is 3.03. The zero-order valence-electron chi connectivity index (χ0n) is 13.8. The average molecular weight is 406 g/mol. The van der Waals surface area contributed by atoms with Crippen LogP contribution in [0.1, 0.15) is 25.7 Å². The van der Waals surface area contributed by atoms with Crippen molar-refractivity contribution in [1.29, 1.82) is 0 Å². The average Bonchev–Trinajstić information content (AvgIpc) is 3.07. The second-order valence-corrected chi connectivity index (χ2v) is 6.36. The first-order valence-corrected chi connectivity index (χ1v) is 8.16. The number of nitrogens with zero attached hydrogens (tertiary/aromatic N) is 1. The lowest BCUT2D eigenvalue weighted by atomic mass is 9.94. The van der Waals surface area contributed by atoms with Crippen LogP contribution in [0.2, 0.25) is 5.02 Å². The highest BCUT2D eigenvalue weighted by atomic mass is 35.5. The number of aliphatic hydroxyl groups is 1. The maximum atomic E-state index is 12.4. The van der Waals surface area contributed by atoms with Crippen LogP contribution >= 0.6 is 11.6 Å². The number of anilines is 1. The first kappa shape index (κ1) is 20.9. The molecule has 2 rings (SSSR count). The Hall–Kier alpha value is -2.44. The van der Waals surface area contributed by atoms with E-state index in [2.05, 4.69) is 4.74 Å². The maximum Gasteiger partial charge on any atom is 0.452 e. The summed E-state index contributed by atoms with van der Waals surface area (Å²) in [5.74, 6) is -0.785. The van der Waals surface area contributed by atoms with Crippen molar-refractivity contribution in [2.75, 3.05) is 4.90 Å². The molecule has 0 saturated heterocycles. The van der Waals surface area contributed by atoms with Gasteiger partial charge in [0.25, 0.3) is 6.29 Å². The number of halogens is 4. The van der Waals surface area contributed by atoms with Gasteiger partial charge < -0.3 is 14.9 Å². The molecule has 0 aliphatic heterocycles. The largest absolute Gasteiger partial charge is 0.479 e. The maximum absolute atomic E-state index is 12.4. The molecule has 1 aliphatic carbocycles. The monoisotopic (exact) mass is 405 g/mol. The number of hydrogen-bond donors (Lipinski definition) is 2. The molecule has 0 radical (unpaired) electrons. The van der Waals surface area contributed by atoms with E-state index in [-0.39, 0.29) is 23.6 Å². The van der Waals surface area contributed by atoms with Crippen molar-refractivity contribution >= 4 is 29.2 Å². The van der Waals surface area contributed by atoms with Crippen LogP contribution in [0.4, 0.5) is 18.9 Å². The normalized spacial score (nSPS) is 17.0. The van der Waals surface area contributed by atoms with Crippen LogP contribution in [0.3, 0.4) is 0 Å². The van der Waals surface area contributed by atoms with Gasteiger partial charge in [-0.1, -0.05) is 24.4 Å². The lowest BCUT2D eigenvalue weighted by Gasteiger charge is -2.36. The Balaban J connectivity index is 2.44. The van der Waals surface area contributed by atoms with Crippen LogP contribution in [-0.4, -0.2) is 40.1 Å². The number of aliphatic carboxylic acids is 1. The lowest BCUT2D eigenvalue weighted by molar-refractivity contribution is -0.264. The minimum Gasteiger partial charge on any atom is -0.479 e. The van der Waals surface area contributed by atoms with Crippen molar-refractivity contribution in [2.45, 2.75) is 43.7 Å². The molecule has 0 aromatic heterocycles. The Morgan fingerprint density at radius 2 is 1.93 bits per heavy atom. The number of hydrogen-bond acceptors (Lipinski definition) is 4. The van der Waals surface area contributed by atoms with Crippen LogP contribution in [0.5, 0.6) is 5.75 Å². The smallest absolute Gasteiger partial charge is 0.452 e. The van der Waals surface area contributed by atoms with E-state index in [0.29, 0.717) is 12.8 Å². The molecule has 1 aliphatic rings. The van der Waals surface area contributed by atoms with Gasteiger partial charge in [-0.15, -0.1) is 6.42 Å². The van der Waals surface area contributed by atoms with Gasteiger partial charge in [0, 0.05) is 5.69 Å². The van der Waals surface area contributed by atoms with Crippen molar-refractivity contribution in [3.63, 3.8) is 0 Å². The molecule has 146 valence electrons. The predicted octanol–water partition coefficient (Wildman–Crippen LogP) is 2.96. The van der Waals surface area contributed by atoms with Gasteiger partial charge in [0.2, 0.25) is 0 Å². The van der Waals surface area contributed by atoms with Crippen molar-refractivity contribution in [1.82, 2.24) is 0 Å². The van der Waals surface area contributed by atoms with E-state index < -0.39 is 35.6 Å². The highest BCUT2D eigenvalue weighted by Crippen LogP contribution is 2.41. The number of benzene rings is 1. The van der Waals surface area contributed by atoms with E-state index in [4.69, 9.17) is 23.1 Å². The van der Waals surface area contributed by atoms with E-state index in [1.807, 2.05) is 5.92 Å². The third-order valence-corrected chi connectivity index (χ3v) is 4.57. The number of ether oxygens (including phenoxy) is 1. The Morgan fingerprint density at radius 1 is 1.33 bits per heavy atom. The van der Waals surface area contributed by atoms with E-state index in [1.165, 1.54) is 0 Å². The van der Waals surface area contributed by atoms with Crippen molar-refractivity contribution in [2.24, 2.45) is 0 Å². The molecule has 0 unspecified atom stereocenters. The zero-order chi connectivity index (χ0) is 20.4. The Kier molecular flexibility index (Phi) is 5.92. The van der Waals surface area contributed by atoms with E-state index >= 15 is 0 Å². The number of carboxylic acid groups (broad SMARTS) is 1. The number of carbonyl (C=O) groups excluding carboxylic acids is 1. The summed E-state index contributed by atoms with van der Waals surface area (Å²) in [5, 5.41) is 18.3. The SMILES string of the molecule is C#CC(=O)N(c1ccc(O[C@@H](O)C(F)(F)F)c(Cl)c1)C1(C(=O)O)CCCC1. The minimum atomic E-state index is -5.02. The van der Waals surface area contributed by atoms with Crippen molar-refractivity contribution in [3.8, 4) is 18.1 Å². The molecule has 0 heterocycles. The van der Waals surface area contributed by atoms with Gasteiger partial charge in [0.1, 0.15) is 11.3 Å². The standard InChI is InChI=1S/C17H15ClF3NO5/c1-2-13(23)22(16(14(24)25)7-3-4-8-16)10-5-6-12(11(18)9-10)27-15(26)17(19,20)21/h1,5-6,9,15,26H,3-4,7-8H2,(H,24,25)/t15-/m1/s1. The summed E-state index contributed by atoms with van der Waals surface area (Å²) < 4.78 is 41.6. The molecule has 10 heteroatoms. The van der Waals surface area contributed by atoms with Gasteiger partial charge in [-0.3, -0.25) is 9.69 Å². The molecular formula is C17H15ClF3NO5. The molecule has 27 heavy (non-hydrogen) atoms. The molecule has 1 aromatic rings. The van der Waals surface area contributed by atoms with Gasteiger partial charge >= 0.3 is 18.1 Å². The summed E-state index contributed by atoms with van der Waals surface area (Å²) in [6.45, 7) is 0. The Bertz CT molecular complexity index is 784. The zero-order valence-corrected chi connectivity index (χ0v) is 14.5. The van der Waals surface area contributed by atoms with Gasteiger partial charge in [-0.2, -0.15) is 13.2 Å². The van der Waals surface area contributed by atoms with Crippen LogP contribution in [0, 0.1) is 12.3 Å². The third-order valence-electron chi connectivity index (χ3n) is 4.28. The lowest BCUT2D eigenvalue weighted by Crippen LogP contribution is -2.55. The summed E-state index contributed by atoms with van der Waals surface area (Å²) in [6, 6.07) is 3.22. The highest BCUT2D eigenvalue weighted by molar-refractivity contribution is 6.32. The third kappa shape index (κ3) is 4.12. The van der Waals surface area contributed by atoms with Crippen LogP contribution in [-0.2, 0) is 9.59 Å². The number of aliphatic hydroxyl groups excluding tert-OH is 1. The summed E-state index contributed by atoms with van der Waals surface area (Å²) in [5.41, 5.74) is -1.57. The topological polar surface area (TPSA) is 87.1 Å². The first-order valence-electron chi connectivity index (χ1n) is 7.78. The molecule has 1 saturated carbocycles. The molecule has 6 nitrogen and oxygen atoms in total. The Morgan fingerprint density at radius 3 is 2.37 bits per heavy atom. The fraction of sp³-hybridized carbons (Fsp3) is 0.412. The fourth-order valence-corrected chi connectivity index (χ4v) is 3.25. The quantitative estimate of drug-likeness (QED) is 0.581. The van der Waals surface area contributed by atoms with Gasteiger partial charge in [-0.05, 0) is 37.0 Å². The van der Waals surface area contributed by atoms with Gasteiger partial charge in [-0.25, -0.2) is 4.79 Å². The summed E-state index contributed by atoms with van der Waals surface area (Å²) in [6.07, 6.45) is -1.49. The van der Waals surface area contributed by atoms with E-state index in [9.17, 15) is 27.9 Å². The predicted molar refractivity (Wildman–Crippen MR) is 89.3 cm³/mol. The van der Waals surface area contributed by atoms with E-state index in [0.717, 1.165) is 23.1 Å². The number of alkyl halides is 3. The second-order valence-electron chi connectivity index (χ2n) is 5.96. The molecule has 0 spiro atoms. The van der Waals surface area contributed by atoms with Crippen LogP contribution in [0.25, 0.3) is 0 Å². The number of amides is 1. The number of rotatable bonds is 5. The van der Waals surface area contributed by atoms with Gasteiger partial charge in [0.15, 0.2) is 0 Å². The Labute approximate surface area is 157 Å². The number of terminal acetylenes is 1. The molecule has 1 amide bonds. The second kappa shape index (κ2) is 7.66. The summed E-state index contributed by atoms with van der Waals surface area (Å²) in [7, 11) is 0. The summed E-state index contributed by atoms with van der Waals surface area (Å²) >= 11 is 5.91. The number of carboxylic acids is 1. The summed E-state index contributed by atoms with van der Waals surface area (Å²) in [4.78, 5) is 25.1. The molecule has 1 aromatic carbocycles. The van der Waals surface area contributed by atoms with Crippen LogP contribution < -0.4 is 9.64 Å². The molecule has 1 fully saturated rings. The molecule has 0 bridgehead atoms. The van der Waals surface area contributed by atoms with Crippen molar-refractivity contribution in [3.05, 3.63) is 23.2 Å². The molecule has 2 N–H and O–H groups in total. The highest BCUT2D eigenvalue weighted by Gasteiger charge is 2.49. The van der Waals surface area contributed by atoms with E-state index in [1.54, 1.807) is 0 Å².